The van der Waals surface area contributed by atoms with Crippen molar-refractivity contribution in [2.75, 3.05) is 13.1 Å². The summed E-state index contributed by atoms with van der Waals surface area (Å²) in [7, 11) is -4.09. The van der Waals surface area contributed by atoms with Gasteiger partial charge in [-0.05, 0) is 41.8 Å². The van der Waals surface area contributed by atoms with Crippen molar-refractivity contribution < 1.29 is 27.2 Å². The summed E-state index contributed by atoms with van der Waals surface area (Å²) in [5.74, 6) is -1.97. The van der Waals surface area contributed by atoms with Crippen LogP contribution in [0.5, 0.6) is 0 Å². The quantitative estimate of drug-likeness (QED) is 0.336. The molecule has 1 aliphatic rings. The molecular weight excluding hydrogens is 533 g/mol. The fourth-order valence-corrected chi connectivity index (χ4v) is 6.21. The number of halogens is 1. The zero-order valence-electron chi connectivity index (χ0n) is 22.3. The second kappa shape index (κ2) is 12.9. The molecule has 1 heterocycles. The maximum absolute atomic E-state index is 13.8. The van der Waals surface area contributed by atoms with Crippen molar-refractivity contribution in [2.24, 2.45) is 0 Å². The summed E-state index contributed by atoms with van der Waals surface area (Å²) >= 11 is 0. The van der Waals surface area contributed by atoms with Gasteiger partial charge in [0.05, 0.1) is 5.56 Å². The second-order valence-electron chi connectivity index (χ2n) is 9.63. The summed E-state index contributed by atoms with van der Waals surface area (Å²) < 4.78 is 40.3. The Bertz CT molecular complexity index is 1460. The van der Waals surface area contributed by atoms with E-state index in [0.717, 1.165) is 18.4 Å². The van der Waals surface area contributed by atoms with Gasteiger partial charge in [-0.2, -0.15) is 0 Å². The predicted molar refractivity (Wildman–Crippen MR) is 148 cm³/mol. The Morgan fingerprint density at radius 2 is 1.62 bits per heavy atom. The van der Waals surface area contributed by atoms with Crippen molar-refractivity contribution in [3.63, 3.8) is 0 Å². The Balaban J connectivity index is 1.62. The number of carbonyl (C=O) groups excluding carboxylic acids is 3. The first kappa shape index (κ1) is 28.9. The monoisotopic (exact) mass is 565 g/mol. The smallest absolute Gasteiger partial charge is 0.269 e. The molecule has 0 radical (unpaired) electrons. The van der Waals surface area contributed by atoms with Crippen molar-refractivity contribution in [1.29, 1.82) is 0 Å². The van der Waals surface area contributed by atoms with Crippen LogP contribution < -0.4 is 5.32 Å². The van der Waals surface area contributed by atoms with E-state index in [9.17, 15) is 27.2 Å². The molecule has 4 rings (SSSR count). The van der Waals surface area contributed by atoms with E-state index in [1.54, 1.807) is 6.07 Å². The number of nitrogens with one attached hydrogen (secondary N) is 1. The third-order valence-corrected chi connectivity index (χ3v) is 8.65. The average Bonchev–Trinajstić information content (AvgIpc) is 3.15. The molecule has 1 aliphatic heterocycles. The summed E-state index contributed by atoms with van der Waals surface area (Å²) in [6.45, 7) is 2.07. The van der Waals surface area contributed by atoms with Crippen LogP contribution in [0.4, 0.5) is 4.39 Å². The minimum Gasteiger partial charge on any atom is -0.354 e. The highest BCUT2D eigenvalue weighted by Crippen LogP contribution is 2.30. The van der Waals surface area contributed by atoms with Crippen molar-refractivity contribution in [2.45, 2.75) is 50.1 Å². The van der Waals surface area contributed by atoms with Crippen LogP contribution in [-0.4, -0.2) is 54.5 Å². The predicted octanol–water partition coefficient (Wildman–Crippen LogP) is 3.92. The lowest BCUT2D eigenvalue weighted by atomic mass is 10.0. The first-order chi connectivity index (χ1) is 19.2. The van der Waals surface area contributed by atoms with Crippen LogP contribution in [0.25, 0.3) is 0 Å². The summed E-state index contributed by atoms with van der Waals surface area (Å²) in [4.78, 5) is 41.4. The minimum absolute atomic E-state index is 0.00126. The first-order valence-electron chi connectivity index (χ1n) is 13.2. The summed E-state index contributed by atoms with van der Waals surface area (Å²) in [6, 6.07) is 19.9. The van der Waals surface area contributed by atoms with E-state index in [0.29, 0.717) is 16.4 Å². The molecule has 3 aromatic rings. The number of hydrogen-bond acceptors (Lipinski definition) is 5. The van der Waals surface area contributed by atoms with E-state index in [4.69, 9.17) is 0 Å². The maximum Gasteiger partial charge on any atom is 0.269 e. The lowest BCUT2D eigenvalue weighted by molar-refractivity contribution is -0.141. The number of nitrogens with zero attached hydrogens (tertiary/aromatic N) is 2. The van der Waals surface area contributed by atoms with Crippen LogP contribution in [-0.2, 0) is 32.6 Å². The molecule has 10 heteroatoms. The molecule has 0 unspecified atom stereocenters. The van der Waals surface area contributed by atoms with Crippen LogP contribution >= 0.6 is 0 Å². The van der Waals surface area contributed by atoms with Gasteiger partial charge < -0.3 is 10.2 Å². The minimum atomic E-state index is -4.09. The fraction of sp³-hybridized carbons (Fsp3) is 0.300. The summed E-state index contributed by atoms with van der Waals surface area (Å²) in [5, 5.41) is 2.91. The summed E-state index contributed by atoms with van der Waals surface area (Å²) in [6.07, 6.45) is 1.54. The Kier molecular flexibility index (Phi) is 9.31. The van der Waals surface area contributed by atoms with Gasteiger partial charge in [0.1, 0.15) is 16.8 Å². The van der Waals surface area contributed by atoms with E-state index in [1.165, 1.54) is 47.4 Å². The third-order valence-electron chi connectivity index (χ3n) is 6.81. The Morgan fingerprint density at radius 1 is 0.950 bits per heavy atom. The van der Waals surface area contributed by atoms with Gasteiger partial charge in [-0.25, -0.2) is 17.1 Å². The molecule has 1 atom stereocenters. The molecule has 0 aliphatic carbocycles. The van der Waals surface area contributed by atoms with Gasteiger partial charge in [0.2, 0.25) is 11.8 Å². The molecule has 0 aromatic heterocycles. The molecule has 0 saturated heterocycles. The average molecular weight is 566 g/mol. The highest BCUT2D eigenvalue weighted by molar-refractivity contribution is 7.90. The van der Waals surface area contributed by atoms with Crippen LogP contribution in [0.3, 0.4) is 0 Å². The number of unbranched alkanes of at least 4 members (excludes halogenated alkanes) is 1. The normalized spacial score (nSPS) is 14.4. The van der Waals surface area contributed by atoms with Crippen molar-refractivity contribution in [3.8, 4) is 0 Å². The fourth-order valence-electron chi connectivity index (χ4n) is 4.64. The second-order valence-corrected chi connectivity index (χ2v) is 11.5. The van der Waals surface area contributed by atoms with Crippen molar-refractivity contribution in [1.82, 2.24) is 14.5 Å². The number of benzene rings is 3. The van der Waals surface area contributed by atoms with Gasteiger partial charge >= 0.3 is 0 Å². The summed E-state index contributed by atoms with van der Waals surface area (Å²) in [5.41, 5.74) is 1.50. The Hall–Kier alpha value is -4.05. The van der Waals surface area contributed by atoms with Crippen LogP contribution in [0.15, 0.2) is 83.8 Å². The SMILES string of the molecule is CCCCNC(=O)[C@@H](Cc1ccccc1)N(Cc1ccc(F)cc1)C(=O)CCN1C(=O)c2ccccc2S1(=O)=O. The highest BCUT2D eigenvalue weighted by Gasteiger charge is 2.41. The van der Waals surface area contributed by atoms with Crippen LogP contribution in [0.2, 0.25) is 0 Å². The molecule has 0 spiro atoms. The van der Waals surface area contributed by atoms with Gasteiger partial charge in [0, 0.05) is 32.5 Å². The Labute approximate surface area is 233 Å². The zero-order valence-corrected chi connectivity index (χ0v) is 23.1. The number of hydrogen-bond donors (Lipinski definition) is 1. The van der Waals surface area contributed by atoms with Gasteiger partial charge in [-0.3, -0.25) is 14.4 Å². The molecule has 0 saturated carbocycles. The number of amides is 3. The molecule has 3 aromatic carbocycles. The van der Waals surface area contributed by atoms with Gasteiger partial charge in [0.15, 0.2) is 0 Å². The zero-order chi connectivity index (χ0) is 28.7. The van der Waals surface area contributed by atoms with E-state index in [2.05, 4.69) is 5.32 Å². The number of sulfonamides is 1. The number of carbonyl (C=O) groups is 3. The molecular formula is C30H32FN3O5S. The molecule has 40 heavy (non-hydrogen) atoms. The van der Waals surface area contributed by atoms with Crippen molar-refractivity contribution >= 4 is 27.7 Å². The maximum atomic E-state index is 13.8. The van der Waals surface area contributed by atoms with E-state index in [1.807, 2.05) is 37.3 Å². The topological polar surface area (TPSA) is 104 Å². The van der Waals surface area contributed by atoms with Gasteiger partial charge in [0.25, 0.3) is 15.9 Å². The number of rotatable bonds is 12. The van der Waals surface area contributed by atoms with E-state index >= 15 is 0 Å². The lowest BCUT2D eigenvalue weighted by Gasteiger charge is -2.32. The third kappa shape index (κ3) is 6.56. The first-order valence-corrected chi connectivity index (χ1v) is 14.7. The highest BCUT2D eigenvalue weighted by atomic mass is 32.2. The molecule has 0 fully saturated rings. The standard InChI is InChI=1S/C30H32FN3O5S/c1-2-3-18-32-29(36)26(20-22-9-5-4-6-10-22)33(21-23-13-15-24(31)16-14-23)28(35)17-19-34-30(37)25-11-7-8-12-27(25)40(34,38)39/h4-16,26H,2-3,17-21H2,1H3,(H,32,36)/t26-/m1/s1. The van der Waals surface area contributed by atoms with Crippen molar-refractivity contribution in [3.05, 3.63) is 101 Å². The van der Waals surface area contributed by atoms with E-state index in [-0.39, 0.29) is 42.3 Å². The molecule has 0 bridgehead atoms. The Morgan fingerprint density at radius 3 is 2.30 bits per heavy atom. The molecule has 8 nitrogen and oxygen atoms in total. The van der Waals surface area contributed by atoms with Gasteiger partial charge in [-0.15, -0.1) is 0 Å². The largest absolute Gasteiger partial charge is 0.354 e. The van der Waals surface area contributed by atoms with E-state index < -0.39 is 33.7 Å². The van der Waals surface area contributed by atoms with Crippen LogP contribution in [0, 0.1) is 5.82 Å². The number of fused-ring (bicyclic) bond motifs is 1. The molecule has 210 valence electrons. The molecule has 1 N–H and O–H groups in total. The van der Waals surface area contributed by atoms with Crippen LogP contribution in [0.1, 0.15) is 47.7 Å². The van der Waals surface area contributed by atoms with Gasteiger partial charge in [-0.1, -0.05) is 67.9 Å². The lowest BCUT2D eigenvalue weighted by Crippen LogP contribution is -2.51. The molecule has 3 amide bonds.